The van der Waals surface area contributed by atoms with E-state index in [2.05, 4.69) is 29.1 Å². The van der Waals surface area contributed by atoms with Crippen molar-refractivity contribution in [1.82, 2.24) is 9.97 Å². The normalized spacial score (nSPS) is 10.2. The van der Waals surface area contributed by atoms with Crippen molar-refractivity contribution >= 4 is 22.2 Å². The molecule has 2 aromatic rings. The maximum Gasteiger partial charge on any atom is 0.187 e. The van der Waals surface area contributed by atoms with Gasteiger partial charge >= 0.3 is 0 Å². The number of nitrogens with one attached hydrogen (secondary N) is 1. The van der Waals surface area contributed by atoms with E-state index in [0.717, 1.165) is 16.5 Å². The van der Waals surface area contributed by atoms with Gasteiger partial charge in [0.25, 0.3) is 0 Å². The topological polar surface area (TPSA) is 61.6 Å². The van der Waals surface area contributed by atoms with Crippen molar-refractivity contribution in [3.8, 4) is 6.07 Å². The molecule has 0 radical (unpaired) electrons. The summed E-state index contributed by atoms with van der Waals surface area (Å²) in [4.78, 5) is 8.45. The predicted molar refractivity (Wildman–Crippen MR) is 68.4 cm³/mol. The first-order chi connectivity index (χ1) is 8.19. The zero-order valence-electron chi connectivity index (χ0n) is 9.64. The van der Waals surface area contributed by atoms with E-state index in [-0.39, 0.29) is 0 Å². The number of nitrogens with zero attached hydrogens (tertiary/aromatic N) is 3. The molecule has 5 heteroatoms. The average Bonchev–Trinajstić information content (AvgIpc) is 2.79. The Morgan fingerprint density at radius 3 is 2.76 bits per heavy atom. The van der Waals surface area contributed by atoms with Gasteiger partial charge in [-0.3, -0.25) is 0 Å². The Hall–Kier alpha value is -1.93. The minimum Gasteiger partial charge on any atom is -0.330 e. The Morgan fingerprint density at radius 2 is 2.24 bits per heavy atom. The summed E-state index contributed by atoms with van der Waals surface area (Å²) >= 11 is 1.57. The molecule has 0 atom stereocenters. The largest absolute Gasteiger partial charge is 0.330 e. The van der Waals surface area contributed by atoms with Crippen LogP contribution in [-0.2, 0) is 0 Å². The van der Waals surface area contributed by atoms with Gasteiger partial charge in [-0.1, -0.05) is 13.8 Å². The lowest BCUT2D eigenvalue weighted by molar-refractivity contribution is 0.834. The summed E-state index contributed by atoms with van der Waals surface area (Å²) in [6.45, 7) is 4.23. The van der Waals surface area contributed by atoms with E-state index in [4.69, 9.17) is 5.26 Å². The Morgan fingerprint density at radius 1 is 1.41 bits per heavy atom. The highest BCUT2D eigenvalue weighted by Gasteiger charge is 2.05. The van der Waals surface area contributed by atoms with Gasteiger partial charge in [0.1, 0.15) is 11.8 Å². The van der Waals surface area contributed by atoms with Crippen LogP contribution in [0.1, 0.15) is 31.2 Å². The average molecular weight is 244 g/mol. The van der Waals surface area contributed by atoms with E-state index >= 15 is 0 Å². The molecule has 0 fully saturated rings. The third-order valence-corrected chi connectivity index (χ3v) is 3.02. The summed E-state index contributed by atoms with van der Waals surface area (Å²) in [6, 6.07) is 5.49. The first-order valence-electron chi connectivity index (χ1n) is 5.27. The minimum atomic E-state index is 0.414. The Balaban J connectivity index is 2.11. The quantitative estimate of drug-likeness (QED) is 0.900. The van der Waals surface area contributed by atoms with Crippen LogP contribution in [0.25, 0.3) is 0 Å². The molecule has 0 spiro atoms. The summed E-state index contributed by atoms with van der Waals surface area (Å²) in [5.41, 5.74) is 2.34. The molecule has 2 aromatic heterocycles. The van der Waals surface area contributed by atoms with Gasteiger partial charge in [0.15, 0.2) is 5.13 Å². The van der Waals surface area contributed by atoms with Crippen molar-refractivity contribution in [2.45, 2.75) is 19.8 Å². The predicted octanol–water partition coefficient (Wildman–Crippen LogP) is 3.28. The third-order valence-electron chi connectivity index (χ3n) is 2.24. The lowest BCUT2D eigenvalue weighted by Crippen LogP contribution is -1.93. The zero-order chi connectivity index (χ0) is 12.3. The molecular formula is C12H12N4S. The summed E-state index contributed by atoms with van der Waals surface area (Å²) < 4.78 is 0. The van der Waals surface area contributed by atoms with Gasteiger partial charge in [-0.2, -0.15) is 5.26 Å². The smallest absolute Gasteiger partial charge is 0.187 e. The number of hydrogen-bond acceptors (Lipinski definition) is 5. The molecule has 0 aliphatic rings. The molecule has 0 aliphatic heterocycles. The van der Waals surface area contributed by atoms with E-state index in [1.54, 1.807) is 23.6 Å². The molecule has 2 heterocycles. The molecule has 0 amide bonds. The first kappa shape index (κ1) is 11.6. The van der Waals surface area contributed by atoms with Crippen LogP contribution in [0.5, 0.6) is 0 Å². The second-order valence-electron chi connectivity index (χ2n) is 3.90. The Labute approximate surface area is 104 Å². The zero-order valence-corrected chi connectivity index (χ0v) is 10.5. The van der Waals surface area contributed by atoms with Crippen LogP contribution in [0.2, 0.25) is 0 Å². The number of hydrogen-bond donors (Lipinski definition) is 1. The minimum absolute atomic E-state index is 0.414. The second-order valence-corrected chi connectivity index (χ2v) is 4.76. The highest BCUT2D eigenvalue weighted by Crippen LogP contribution is 2.24. The number of aromatic nitrogens is 2. The van der Waals surface area contributed by atoms with Gasteiger partial charge in [0, 0.05) is 5.38 Å². The fourth-order valence-corrected chi connectivity index (χ4v) is 2.16. The molecule has 0 saturated heterocycles. The van der Waals surface area contributed by atoms with Gasteiger partial charge in [-0.25, -0.2) is 9.97 Å². The third kappa shape index (κ3) is 2.80. The van der Waals surface area contributed by atoms with Crippen LogP contribution in [0.15, 0.2) is 23.7 Å². The molecule has 4 nitrogen and oxygen atoms in total. The van der Waals surface area contributed by atoms with E-state index in [9.17, 15) is 0 Å². The molecule has 0 aliphatic carbocycles. The number of anilines is 2. The van der Waals surface area contributed by atoms with Gasteiger partial charge < -0.3 is 5.32 Å². The van der Waals surface area contributed by atoms with Gasteiger partial charge in [0.05, 0.1) is 17.6 Å². The Bertz CT molecular complexity index is 536. The number of rotatable bonds is 3. The Kier molecular flexibility index (Phi) is 3.35. The highest BCUT2D eigenvalue weighted by atomic mass is 32.1. The van der Waals surface area contributed by atoms with Crippen molar-refractivity contribution < 1.29 is 0 Å². The van der Waals surface area contributed by atoms with Crippen LogP contribution < -0.4 is 5.32 Å². The van der Waals surface area contributed by atoms with E-state index in [0.29, 0.717) is 11.6 Å². The fourth-order valence-electron chi connectivity index (χ4n) is 1.27. The fraction of sp³-hybridized carbons (Fsp3) is 0.250. The van der Waals surface area contributed by atoms with Crippen molar-refractivity contribution in [1.29, 1.82) is 5.26 Å². The van der Waals surface area contributed by atoms with E-state index in [1.165, 1.54) is 0 Å². The van der Waals surface area contributed by atoms with Gasteiger partial charge in [0.2, 0.25) is 0 Å². The standard InChI is InChI=1S/C12H12N4S/c1-8(2)11-7-17-12(16-11)15-10-4-3-9(5-13)14-6-10/h3-4,6-8H,1-2H3,(H,15,16). The van der Waals surface area contributed by atoms with Crippen LogP contribution in [0, 0.1) is 11.3 Å². The maximum atomic E-state index is 8.64. The van der Waals surface area contributed by atoms with Crippen LogP contribution in [0.4, 0.5) is 10.8 Å². The lowest BCUT2D eigenvalue weighted by Gasteiger charge is -2.01. The first-order valence-corrected chi connectivity index (χ1v) is 6.15. The maximum absolute atomic E-state index is 8.64. The van der Waals surface area contributed by atoms with Crippen molar-refractivity contribution in [2.24, 2.45) is 0 Å². The lowest BCUT2D eigenvalue weighted by atomic mass is 10.2. The van der Waals surface area contributed by atoms with Gasteiger partial charge in [-0.05, 0) is 18.1 Å². The monoisotopic (exact) mass is 244 g/mol. The van der Waals surface area contributed by atoms with Crippen molar-refractivity contribution in [3.63, 3.8) is 0 Å². The van der Waals surface area contributed by atoms with Crippen LogP contribution in [0.3, 0.4) is 0 Å². The van der Waals surface area contributed by atoms with Gasteiger partial charge in [-0.15, -0.1) is 11.3 Å². The highest BCUT2D eigenvalue weighted by molar-refractivity contribution is 7.13. The molecule has 0 aromatic carbocycles. The van der Waals surface area contributed by atoms with Crippen LogP contribution >= 0.6 is 11.3 Å². The molecule has 0 saturated carbocycles. The van der Waals surface area contributed by atoms with Crippen molar-refractivity contribution in [2.75, 3.05) is 5.32 Å². The summed E-state index contributed by atoms with van der Waals surface area (Å²) in [5.74, 6) is 0.431. The summed E-state index contributed by atoms with van der Waals surface area (Å²) in [5, 5.41) is 14.7. The van der Waals surface area contributed by atoms with Crippen molar-refractivity contribution in [3.05, 3.63) is 35.1 Å². The van der Waals surface area contributed by atoms with E-state index in [1.807, 2.05) is 17.5 Å². The van der Waals surface area contributed by atoms with Crippen LogP contribution in [-0.4, -0.2) is 9.97 Å². The summed E-state index contributed by atoms with van der Waals surface area (Å²) in [6.07, 6.45) is 1.63. The molecule has 17 heavy (non-hydrogen) atoms. The number of thiazole rings is 1. The SMILES string of the molecule is CC(C)c1csc(Nc2ccc(C#N)nc2)n1. The second kappa shape index (κ2) is 4.93. The molecule has 2 rings (SSSR count). The summed E-state index contributed by atoms with van der Waals surface area (Å²) in [7, 11) is 0. The molecule has 86 valence electrons. The number of pyridine rings is 1. The molecule has 1 N–H and O–H groups in total. The molecular weight excluding hydrogens is 232 g/mol. The van der Waals surface area contributed by atoms with E-state index < -0.39 is 0 Å². The molecule has 0 unspecified atom stereocenters. The molecule has 0 bridgehead atoms. The number of nitriles is 1.